The van der Waals surface area contributed by atoms with Crippen molar-refractivity contribution in [1.29, 1.82) is 0 Å². The van der Waals surface area contributed by atoms with Crippen LogP contribution in [-0.2, 0) is 17.9 Å². The fourth-order valence-electron chi connectivity index (χ4n) is 3.55. The standard InChI is InChI=1S/C23H20N6O3S/c1-31-18-10-11-19(32-2)22-21(18)25-23(33-22)28(13-15-7-5-6-12-24-15)20(30)14-29-17-9-4-3-8-16(17)26-27-29/h3-12H,13-14H2,1-2H3. The molecule has 5 aromatic rings. The molecule has 3 heterocycles. The molecule has 0 saturated carbocycles. The second-order valence-corrected chi connectivity index (χ2v) is 8.16. The molecule has 0 spiro atoms. The summed E-state index contributed by atoms with van der Waals surface area (Å²) in [4.78, 5) is 24.3. The largest absolute Gasteiger partial charge is 0.495 e. The number of methoxy groups -OCH3 is 2. The van der Waals surface area contributed by atoms with Crippen LogP contribution < -0.4 is 14.4 Å². The minimum atomic E-state index is -0.187. The molecule has 0 unspecified atom stereocenters. The van der Waals surface area contributed by atoms with E-state index in [-0.39, 0.29) is 19.0 Å². The second kappa shape index (κ2) is 8.83. The first-order chi connectivity index (χ1) is 16.2. The molecule has 0 atom stereocenters. The molecule has 166 valence electrons. The van der Waals surface area contributed by atoms with Crippen molar-refractivity contribution >= 4 is 43.6 Å². The van der Waals surface area contributed by atoms with E-state index < -0.39 is 0 Å². The molecule has 10 heteroatoms. The van der Waals surface area contributed by atoms with Gasteiger partial charge in [-0.05, 0) is 36.4 Å². The van der Waals surface area contributed by atoms with Gasteiger partial charge in [0.2, 0.25) is 0 Å². The second-order valence-electron chi connectivity index (χ2n) is 7.18. The maximum absolute atomic E-state index is 13.6. The van der Waals surface area contributed by atoms with E-state index in [9.17, 15) is 4.79 Å². The minimum Gasteiger partial charge on any atom is -0.495 e. The van der Waals surface area contributed by atoms with Crippen molar-refractivity contribution < 1.29 is 14.3 Å². The van der Waals surface area contributed by atoms with Gasteiger partial charge in [0.15, 0.2) is 5.13 Å². The highest BCUT2D eigenvalue weighted by molar-refractivity contribution is 7.22. The summed E-state index contributed by atoms with van der Waals surface area (Å²) in [6.45, 7) is 0.272. The summed E-state index contributed by atoms with van der Waals surface area (Å²) in [5.41, 5.74) is 2.90. The van der Waals surface area contributed by atoms with Crippen molar-refractivity contribution in [3.05, 3.63) is 66.5 Å². The monoisotopic (exact) mass is 460 g/mol. The highest BCUT2D eigenvalue weighted by atomic mass is 32.1. The zero-order valence-electron chi connectivity index (χ0n) is 18.0. The predicted molar refractivity (Wildman–Crippen MR) is 126 cm³/mol. The van der Waals surface area contributed by atoms with E-state index in [0.717, 1.165) is 21.4 Å². The Labute approximate surface area is 193 Å². The van der Waals surface area contributed by atoms with Crippen LogP contribution in [0.5, 0.6) is 11.5 Å². The van der Waals surface area contributed by atoms with Gasteiger partial charge < -0.3 is 9.47 Å². The van der Waals surface area contributed by atoms with Crippen molar-refractivity contribution in [3.63, 3.8) is 0 Å². The third-order valence-electron chi connectivity index (χ3n) is 5.18. The Morgan fingerprint density at radius 1 is 1.03 bits per heavy atom. The number of rotatable bonds is 7. The molecule has 0 N–H and O–H groups in total. The van der Waals surface area contributed by atoms with Gasteiger partial charge in [-0.25, -0.2) is 9.67 Å². The molecule has 0 saturated heterocycles. The highest BCUT2D eigenvalue weighted by Gasteiger charge is 2.24. The molecule has 0 radical (unpaired) electrons. The van der Waals surface area contributed by atoms with Gasteiger partial charge in [-0.15, -0.1) is 5.10 Å². The Kier molecular flexibility index (Phi) is 5.57. The van der Waals surface area contributed by atoms with Crippen LogP contribution in [0, 0.1) is 0 Å². The summed E-state index contributed by atoms with van der Waals surface area (Å²) in [6, 6.07) is 16.8. The predicted octanol–water partition coefficient (Wildman–Crippen LogP) is 3.69. The summed E-state index contributed by atoms with van der Waals surface area (Å²) >= 11 is 1.37. The molecule has 0 aliphatic heterocycles. The number of amides is 1. The molecule has 0 fully saturated rings. The van der Waals surface area contributed by atoms with E-state index >= 15 is 0 Å². The fourth-order valence-corrected chi connectivity index (χ4v) is 4.64. The third-order valence-corrected chi connectivity index (χ3v) is 6.28. The molecule has 2 aromatic carbocycles. The normalized spacial score (nSPS) is 11.1. The van der Waals surface area contributed by atoms with Crippen LogP contribution >= 0.6 is 11.3 Å². The number of anilines is 1. The van der Waals surface area contributed by atoms with Crippen LogP contribution in [0.1, 0.15) is 5.69 Å². The van der Waals surface area contributed by atoms with Gasteiger partial charge in [-0.3, -0.25) is 14.7 Å². The van der Waals surface area contributed by atoms with Crippen LogP contribution in [-0.4, -0.2) is 45.1 Å². The van der Waals surface area contributed by atoms with Gasteiger partial charge in [0.25, 0.3) is 5.91 Å². The molecule has 0 bridgehead atoms. The number of fused-ring (bicyclic) bond motifs is 2. The molecule has 5 rings (SSSR count). The Hall–Kier alpha value is -4.05. The smallest absolute Gasteiger partial charge is 0.250 e. The van der Waals surface area contributed by atoms with E-state index in [2.05, 4.69) is 15.3 Å². The van der Waals surface area contributed by atoms with Crippen LogP contribution in [0.25, 0.3) is 21.3 Å². The van der Waals surface area contributed by atoms with Crippen molar-refractivity contribution in [2.75, 3.05) is 19.1 Å². The van der Waals surface area contributed by atoms with Gasteiger partial charge in [0.1, 0.15) is 33.8 Å². The van der Waals surface area contributed by atoms with Gasteiger partial charge in [-0.1, -0.05) is 34.7 Å². The average Bonchev–Trinajstić information content (AvgIpc) is 3.47. The highest BCUT2D eigenvalue weighted by Crippen LogP contribution is 2.40. The summed E-state index contributed by atoms with van der Waals surface area (Å²) in [5.74, 6) is 1.09. The Morgan fingerprint density at radius 3 is 2.61 bits per heavy atom. The fraction of sp³-hybridized carbons (Fsp3) is 0.174. The number of thiazole rings is 1. The summed E-state index contributed by atoms with van der Waals surface area (Å²) in [7, 11) is 3.19. The summed E-state index contributed by atoms with van der Waals surface area (Å²) < 4.78 is 13.4. The number of carbonyl (C=O) groups is 1. The van der Waals surface area contributed by atoms with Gasteiger partial charge in [0, 0.05) is 6.20 Å². The van der Waals surface area contributed by atoms with Crippen molar-refractivity contribution in [2.45, 2.75) is 13.1 Å². The van der Waals surface area contributed by atoms with Crippen molar-refractivity contribution in [1.82, 2.24) is 25.0 Å². The summed E-state index contributed by atoms with van der Waals surface area (Å²) in [6.07, 6.45) is 1.70. The topological polar surface area (TPSA) is 95.3 Å². The average molecular weight is 461 g/mol. The third kappa shape index (κ3) is 3.96. The van der Waals surface area contributed by atoms with E-state index in [1.54, 1.807) is 36.1 Å². The number of benzene rings is 2. The number of nitrogens with zero attached hydrogens (tertiary/aromatic N) is 6. The van der Waals surface area contributed by atoms with Crippen LogP contribution in [0.2, 0.25) is 0 Å². The number of para-hydroxylation sites is 1. The number of pyridine rings is 1. The van der Waals surface area contributed by atoms with E-state index in [4.69, 9.17) is 14.5 Å². The van der Waals surface area contributed by atoms with E-state index in [1.807, 2.05) is 48.5 Å². The van der Waals surface area contributed by atoms with Crippen LogP contribution in [0.4, 0.5) is 5.13 Å². The van der Waals surface area contributed by atoms with Gasteiger partial charge >= 0.3 is 0 Å². The van der Waals surface area contributed by atoms with Gasteiger partial charge in [0.05, 0.1) is 32.0 Å². The molecule has 3 aromatic heterocycles. The number of aromatic nitrogens is 5. The summed E-state index contributed by atoms with van der Waals surface area (Å²) in [5, 5.41) is 8.84. The molecular weight excluding hydrogens is 440 g/mol. The number of ether oxygens (including phenoxy) is 2. The number of hydrogen-bond acceptors (Lipinski definition) is 8. The lowest BCUT2D eigenvalue weighted by Crippen LogP contribution is -2.34. The lowest BCUT2D eigenvalue weighted by atomic mass is 10.3. The van der Waals surface area contributed by atoms with Gasteiger partial charge in [-0.2, -0.15) is 0 Å². The first-order valence-corrected chi connectivity index (χ1v) is 11.0. The zero-order chi connectivity index (χ0) is 22.8. The first kappa shape index (κ1) is 20.8. The van der Waals surface area contributed by atoms with E-state index in [0.29, 0.717) is 22.1 Å². The first-order valence-electron chi connectivity index (χ1n) is 10.2. The Morgan fingerprint density at radius 2 is 1.82 bits per heavy atom. The maximum atomic E-state index is 13.6. The molecule has 1 amide bonds. The zero-order valence-corrected chi connectivity index (χ0v) is 18.8. The lowest BCUT2D eigenvalue weighted by Gasteiger charge is -2.19. The maximum Gasteiger partial charge on any atom is 0.250 e. The number of hydrogen-bond donors (Lipinski definition) is 0. The molecule has 0 aliphatic carbocycles. The molecular formula is C23H20N6O3S. The SMILES string of the molecule is COc1ccc(OC)c2sc(N(Cc3ccccn3)C(=O)Cn3nnc4ccccc43)nc12. The van der Waals surface area contributed by atoms with Crippen molar-refractivity contribution in [2.24, 2.45) is 0 Å². The minimum absolute atomic E-state index is 0.0115. The molecule has 0 aliphatic rings. The molecule has 33 heavy (non-hydrogen) atoms. The quantitative estimate of drug-likeness (QED) is 0.366. The Bertz CT molecular complexity index is 1390. The van der Waals surface area contributed by atoms with E-state index in [1.165, 1.54) is 11.3 Å². The Balaban J connectivity index is 1.56. The van der Waals surface area contributed by atoms with Crippen LogP contribution in [0.15, 0.2) is 60.8 Å². The van der Waals surface area contributed by atoms with Crippen LogP contribution in [0.3, 0.4) is 0 Å². The number of carbonyl (C=O) groups excluding carboxylic acids is 1. The van der Waals surface area contributed by atoms with Crippen molar-refractivity contribution in [3.8, 4) is 11.5 Å². The lowest BCUT2D eigenvalue weighted by molar-refractivity contribution is -0.119. The molecule has 9 nitrogen and oxygen atoms in total.